The second-order valence-corrected chi connectivity index (χ2v) is 10.2. The van der Waals surface area contributed by atoms with E-state index in [0.717, 1.165) is 12.1 Å². The first-order chi connectivity index (χ1) is 18.7. The van der Waals surface area contributed by atoms with E-state index in [9.17, 15) is 28.0 Å². The number of benzene rings is 2. The highest BCUT2D eigenvalue weighted by Crippen LogP contribution is 2.25. The molecule has 40 heavy (non-hydrogen) atoms. The normalized spacial score (nSPS) is 11.2. The number of halogens is 4. The molecule has 0 aliphatic rings. The molecule has 12 heteroatoms. The van der Waals surface area contributed by atoms with Crippen molar-refractivity contribution in [3.63, 3.8) is 0 Å². The lowest BCUT2D eigenvalue weighted by Gasteiger charge is -2.16. The highest BCUT2D eigenvalue weighted by Gasteiger charge is 2.20. The highest BCUT2D eigenvalue weighted by atomic mass is 35.5. The first kappa shape index (κ1) is 30.8. The van der Waals surface area contributed by atoms with Crippen molar-refractivity contribution >= 4 is 56.9 Å². The van der Waals surface area contributed by atoms with E-state index in [4.69, 9.17) is 33.0 Å². The third kappa shape index (κ3) is 6.03. The zero-order valence-corrected chi connectivity index (χ0v) is 23.7. The number of esters is 1. The van der Waals surface area contributed by atoms with E-state index in [1.54, 1.807) is 16.1 Å². The lowest BCUT2D eigenvalue weighted by molar-refractivity contribution is 0.0523. The molecule has 8 nitrogen and oxygen atoms in total. The van der Waals surface area contributed by atoms with Gasteiger partial charge in [0.15, 0.2) is 0 Å². The molecular weight excluding hydrogens is 569 g/mol. The summed E-state index contributed by atoms with van der Waals surface area (Å²) in [6.45, 7) is 9.23. The van der Waals surface area contributed by atoms with Crippen molar-refractivity contribution < 1.29 is 28.2 Å². The van der Waals surface area contributed by atoms with Crippen LogP contribution in [0.15, 0.2) is 46.2 Å². The fourth-order valence-corrected chi connectivity index (χ4v) is 4.37. The van der Waals surface area contributed by atoms with Crippen molar-refractivity contribution in [3.8, 4) is 0 Å². The van der Waals surface area contributed by atoms with Crippen LogP contribution in [-0.4, -0.2) is 32.8 Å². The molecule has 0 amide bonds. The van der Waals surface area contributed by atoms with Crippen LogP contribution in [0.4, 0.5) is 8.78 Å². The summed E-state index contributed by atoms with van der Waals surface area (Å²) in [4.78, 5) is 47.3. The number of nitrogens with zero attached hydrogens (tertiary/aromatic N) is 2. The fraction of sp³-hybridized carbons (Fsp3) is 0.286. The molecule has 0 saturated heterocycles. The summed E-state index contributed by atoms with van der Waals surface area (Å²) in [5, 5.41) is 8.96. The van der Waals surface area contributed by atoms with Gasteiger partial charge in [-0.2, -0.15) is 0 Å². The fourth-order valence-electron chi connectivity index (χ4n) is 4.05. The molecule has 1 N–H and O–H groups in total. The number of ether oxygens (including phenoxy) is 1. The average Bonchev–Trinajstić information content (AvgIpc) is 2.87. The SMILES string of the molecule is CC(C)n1cc(C(=O)O)c(=O)c2cc(F)c(Cl)cc21.CCOC(=O)c1cn(C(C)C)c2cc(Cl)c(F)cc2c1=O. The topological polar surface area (TPSA) is 108 Å². The predicted molar refractivity (Wildman–Crippen MR) is 150 cm³/mol. The Bertz CT molecular complexity index is 1760. The summed E-state index contributed by atoms with van der Waals surface area (Å²) in [7, 11) is 0. The second kappa shape index (κ2) is 12.2. The molecule has 0 aliphatic carbocycles. The van der Waals surface area contributed by atoms with Gasteiger partial charge in [-0.25, -0.2) is 18.4 Å². The third-order valence-electron chi connectivity index (χ3n) is 5.99. The number of rotatable bonds is 5. The number of pyridine rings is 2. The smallest absolute Gasteiger partial charge is 0.343 e. The van der Waals surface area contributed by atoms with Crippen molar-refractivity contribution in [1.29, 1.82) is 0 Å². The second-order valence-electron chi connectivity index (χ2n) is 9.34. The number of carboxylic acid groups (broad SMARTS) is 1. The van der Waals surface area contributed by atoms with Gasteiger partial charge >= 0.3 is 11.9 Å². The number of hydrogen-bond acceptors (Lipinski definition) is 5. The third-order valence-corrected chi connectivity index (χ3v) is 6.57. The van der Waals surface area contributed by atoms with E-state index in [1.165, 1.54) is 24.5 Å². The molecule has 0 fully saturated rings. The summed E-state index contributed by atoms with van der Waals surface area (Å²) < 4.78 is 35.3. The van der Waals surface area contributed by atoms with E-state index in [2.05, 4.69) is 0 Å². The van der Waals surface area contributed by atoms with Gasteiger partial charge in [0.1, 0.15) is 22.8 Å². The van der Waals surface area contributed by atoms with Crippen LogP contribution in [0.3, 0.4) is 0 Å². The van der Waals surface area contributed by atoms with Crippen LogP contribution in [0.2, 0.25) is 10.0 Å². The van der Waals surface area contributed by atoms with Crippen molar-refractivity contribution in [1.82, 2.24) is 9.13 Å². The zero-order valence-electron chi connectivity index (χ0n) is 22.2. The maximum atomic E-state index is 13.6. The largest absolute Gasteiger partial charge is 0.477 e. The van der Waals surface area contributed by atoms with Crippen molar-refractivity contribution in [2.45, 2.75) is 46.7 Å². The van der Waals surface area contributed by atoms with E-state index in [1.807, 2.05) is 27.7 Å². The Morgan fingerprint density at radius 3 is 1.60 bits per heavy atom. The van der Waals surface area contributed by atoms with Crippen LogP contribution >= 0.6 is 23.2 Å². The Morgan fingerprint density at radius 1 is 0.825 bits per heavy atom. The summed E-state index contributed by atoms with van der Waals surface area (Å²) in [6, 6.07) is 4.62. The number of fused-ring (bicyclic) bond motifs is 2. The molecule has 0 atom stereocenters. The molecule has 0 radical (unpaired) electrons. The Labute approximate surface area is 237 Å². The molecule has 2 aromatic carbocycles. The molecule has 2 heterocycles. The van der Waals surface area contributed by atoms with Crippen molar-refractivity contribution in [2.24, 2.45) is 0 Å². The molecule has 212 valence electrons. The summed E-state index contributed by atoms with van der Waals surface area (Å²) in [5.74, 6) is -3.49. The van der Waals surface area contributed by atoms with Gasteiger partial charge in [-0.05, 0) is 58.9 Å². The van der Waals surface area contributed by atoms with Crippen LogP contribution in [0.25, 0.3) is 21.8 Å². The van der Waals surface area contributed by atoms with Gasteiger partial charge < -0.3 is 19.0 Å². The van der Waals surface area contributed by atoms with E-state index >= 15 is 0 Å². The molecule has 0 aliphatic heterocycles. The lowest BCUT2D eigenvalue weighted by Crippen LogP contribution is -2.21. The summed E-state index contributed by atoms with van der Waals surface area (Å²) in [6.07, 6.45) is 2.69. The van der Waals surface area contributed by atoms with Crippen LogP contribution in [-0.2, 0) is 4.74 Å². The van der Waals surface area contributed by atoms with Crippen LogP contribution in [0.1, 0.15) is 67.4 Å². The van der Waals surface area contributed by atoms with E-state index < -0.39 is 34.4 Å². The molecule has 0 saturated carbocycles. The first-order valence-electron chi connectivity index (χ1n) is 12.2. The Balaban J connectivity index is 0.000000222. The zero-order chi connectivity index (χ0) is 30.0. The minimum Gasteiger partial charge on any atom is -0.477 e. The van der Waals surface area contributed by atoms with Gasteiger partial charge in [0, 0.05) is 35.2 Å². The molecule has 0 bridgehead atoms. The lowest BCUT2D eigenvalue weighted by atomic mass is 10.1. The van der Waals surface area contributed by atoms with E-state index in [-0.39, 0.29) is 50.6 Å². The van der Waals surface area contributed by atoms with Crippen LogP contribution in [0, 0.1) is 11.6 Å². The number of carbonyl (C=O) groups excluding carboxylic acids is 1. The number of carbonyl (C=O) groups is 2. The minimum atomic E-state index is -1.34. The maximum Gasteiger partial charge on any atom is 0.343 e. The first-order valence-corrected chi connectivity index (χ1v) is 12.9. The number of aromatic nitrogens is 2. The summed E-state index contributed by atoms with van der Waals surface area (Å²) in [5.41, 5.74) is -0.876. The number of carboxylic acids is 1. The van der Waals surface area contributed by atoms with Gasteiger partial charge in [-0.1, -0.05) is 23.2 Å². The minimum absolute atomic E-state index is 0.00972. The molecule has 4 aromatic rings. The van der Waals surface area contributed by atoms with Gasteiger partial charge in [0.25, 0.3) is 0 Å². The number of hydrogen-bond donors (Lipinski definition) is 1. The van der Waals surface area contributed by atoms with Gasteiger partial charge in [-0.15, -0.1) is 0 Å². The number of aromatic carboxylic acids is 1. The predicted octanol–water partition coefficient (Wildman–Crippen LogP) is 6.62. The Hall–Kier alpha value is -3.76. The van der Waals surface area contributed by atoms with Crippen molar-refractivity contribution in [2.75, 3.05) is 6.61 Å². The average molecular weight is 595 g/mol. The van der Waals surface area contributed by atoms with Crippen LogP contribution < -0.4 is 10.9 Å². The Morgan fingerprint density at radius 2 is 1.23 bits per heavy atom. The van der Waals surface area contributed by atoms with Gasteiger partial charge in [0.2, 0.25) is 10.9 Å². The molecule has 0 unspecified atom stereocenters. The Kier molecular flexibility index (Phi) is 9.37. The van der Waals surface area contributed by atoms with E-state index in [0.29, 0.717) is 11.0 Å². The standard InChI is InChI=1S/C15H15ClFNO3.C13H11ClFNO3/c1-4-21-15(20)10-7-18(8(2)3)13-6-11(16)12(17)5-9(13)14(10)19;1-6(2)16-5-8(13(18)19)12(17)7-3-10(15)9(14)4-11(7)16/h5-8H,4H2,1-3H3;3-6H,1-2H3,(H,18,19). The molecule has 2 aromatic heterocycles. The molecular formula is C28H26Cl2F2N2O6. The van der Waals surface area contributed by atoms with Gasteiger partial charge in [0.05, 0.1) is 27.7 Å². The monoisotopic (exact) mass is 594 g/mol. The maximum absolute atomic E-state index is 13.6. The molecule has 0 spiro atoms. The quantitative estimate of drug-likeness (QED) is 0.260. The summed E-state index contributed by atoms with van der Waals surface area (Å²) >= 11 is 11.5. The molecule has 4 rings (SSSR count). The van der Waals surface area contributed by atoms with Crippen molar-refractivity contribution in [3.05, 3.63) is 89.9 Å². The van der Waals surface area contributed by atoms with Crippen LogP contribution in [0.5, 0.6) is 0 Å². The van der Waals surface area contributed by atoms with Gasteiger partial charge in [-0.3, -0.25) is 9.59 Å². The highest BCUT2D eigenvalue weighted by molar-refractivity contribution is 6.31.